The molecule has 35 heavy (non-hydrogen) atoms. The molecule has 9 nitrogen and oxygen atoms in total. The Balaban J connectivity index is 1.47. The van der Waals surface area contributed by atoms with E-state index in [1.807, 2.05) is 14.1 Å². The number of carbonyl (C=O) groups excluding carboxylic acids is 2. The molecule has 0 unspecified atom stereocenters. The van der Waals surface area contributed by atoms with Crippen molar-refractivity contribution in [1.82, 2.24) is 20.2 Å². The molecule has 11 heteroatoms. The zero-order valence-electron chi connectivity index (χ0n) is 20.0. The van der Waals surface area contributed by atoms with E-state index in [4.69, 9.17) is 0 Å². The van der Waals surface area contributed by atoms with Crippen LogP contribution in [0.4, 0.5) is 31.9 Å². The Morgan fingerprint density at radius 3 is 2.63 bits per heavy atom. The summed E-state index contributed by atoms with van der Waals surface area (Å²) in [7, 11) is 3.97. The number of hydrogen-bond acceptors (Lipinski definition) is 7. The third kappa shape index (κ3) is 6.02. The van der Waals surface area contributed by atoms with Crippen LogP contribution in [0.2, 0.25) is 0 Å². The molecule has 3 N–H and O–H groups in total. The molecule has 2 amide bonds. The summed E-state index contributed by atoms with van der Waals surface area (Å²) in [4.78, 5) is 36.7. The van der Waals surface area contributed by atoms with Crippen molar-refractivity contribution in [3.63, 3.8) is 0 Å². The van der Waals surface area contributed by atoms with E-state index in [9.17, 15) is 18.4 Å². The molecule has 0 spiro atoms. The van der Waals surface area contributed by atoms with Crippen LogP contribution in [-0.4, -0.2) is 72.4 Å². The first-order valence-electron chi connectivity index (χ1n) is 11.9. The largest absolute Gasteiger partial charge is 0.352 e. The van der Waals surface area contributed by atoms with Crippen molar-refractivity contribution in [1.29, 1.82) is 0 Å². The Morgan fingerprint density at radius 1 is 1.23 bits per heavy atom. The molecular formula is C24H31F2N7O2. The van der Waals surface area contributed by atoms with E-state index in [-0.39, 0.29) is 29.4 Å². The van der Waals surface area contributed by atoms with E-state index >= 15 is 0 Å². The predicted molar refractivity (Wildman–Crippen MR) is 130 cm³/mol. The number of carbonyl (C=O) groups is 2. The van der Waals surface area contributed by atoms with Gasteiger partial charge in [-0.2, -0.15) is 13.8 Å². The third-order valence-electron chi connectivity index (χ3n) is 6.23. The monoisotopic (exact) mass is 487 g/mol. The van der Waals surface area contributed by atoms with Gasteiger partial charge in [0.15, 0.2) is 5.82 Å². The smallest absolute Gasteiger partial charge is 0.341 e. The maximum absolute atomic E-state index is 14.5. The molecule has 0 bridgehead atoms. The average Bonchev–Trinajstić information content (AvgIpc) is 3.33. The van der Waals surface area contributed by atoms with E-state index in [0.717, 1.165) is 38.6 Å². The third-order valence-corrected chi connectivity index (χ3v) is 6.23. The first-order chi connectivity index (χ1) is 16.7. The van der Waals surface area contributed by atoms with Crippen molar-refractivity contribution in [2.75, 3.05) is 49.3 Å². The Kier molecular flexibility index (Phi) is 7.44. The molecule has 2 aromatic rings. The number of hydrogen-bond donors (Lipinski definition) is 3. The molecule has 0 radical (unpaired) electrons. The van der Waals surface area contributed by atoms with Crippen molar-refractivity contribution >= 4 is 35.0 Å². The molecule has 1 aliphatic heterocycles. The lowest BCUT2D eigenvalue weighted by Crippen LogP contribution is -2.46. The van der Waals surface area contributed by atoms with Crippen LogP contribution in [0.5, 0.6) is 0 Å². The highest BCUT2D eigenvalue weighted by molar-refractivity contribution is 6.00. The van der Waals surface area contributed by atoms with E-state index in [0.29, 0.717) is 17.8 Å². The second-order valence-corrected chi connectivity index (χ2v) is 9.27. The quantitative estimate of drug-likeness (QED) is 0.492. The normalized spacial score (nSPS) is 17.6. The lowest BCUT2D eigenvalue weighted by molar-refractivity contribution is -0.138. The number of amides is 2. The number of rotatable bonds is 8. The minimum absolute atomic E-state index is 0.106. The van der Waals surface area contributed by atoms with Gasteiger partial charge in [0.25, 0.3) is 11.8 Å². The van der Waals surface area contributed by atoms with Crippen LogP contribution in [0.3, 0.4) is 0 Å². The molecule has 1 fully saturated rings. The van der Waals surface area contributed by atoms with Crippen LogP contribution in [0.15, 0.2) is 30.5 Å². The van der Waals surface area contributed by atoms with E-state index in [1.165, 1.54) is 11.1 Å². The van der Waals surface area contributed by atoms with E-state index < -0.39 is 18.4 Å². The number of fused-ring (bicyclic) bond motifs is 1. The molecule has 188 valence electrons. The highest BCUT2D eigenvalue weighted by Crippen LogP contribution is 2.37. The Labute approximate surface area is 203 Å². The van der Waals surface area contributed by atoms with Crippen LogP contribution in [-0.2, 0) is 4.79 Å². The summed E-state index contributed by atoms with van der Waals surface area (Å²) in [5.74, 6) is -4.53. The molecule has 0 saturated heterocycles. The molecule has 1 aromatic carbocycles. The summed E-state index contributed by atoms with van der Waals surface area (Å²) in [5, 5.41) is 8.23. The van der Waals surface area contributed by atoms with Crippen LogP contribution in [0, 0.1) is 0 Å². The number of nitrogens with zero attached hydrogens (tertiary/aromatic N) is 4. The summed E-state index contributed by atoms with van der Waals surface area (Å²) in [6, 6.07) is 6.74. The number of anilines is 4. The van der Waals surface area contributed by atoms with Crippen molar-refractivity contribution < 1.29 is 18.4 Å². The van der Waals surface area contributed by atoms with Crippen molar-refractivity contribution in [3.8, 4) is 0 Å². The van der Waals surface area contributed by atoms with Crippen LogP contribution in [0.1, 0.15) is 42.5 Å². The predicted octanol–water partition coefficient (Wildman–Crippen LogP) is 3.24. The molecule has 2 aliphatic rings. The fourth-order valence-electron chi connectivity index (χ4n) is 4.37. The summed E-state index contributed by atoms with van der Waals surface area (Å²) in [6.45, 7) is 0.766. The van der Waals surface area contributed by atoms with Gasteiger partial charge in [0.05, 0.1) is 12.7 Å². The van der Waals surface area contributed by atoms with E-state index in [2.05, 4.69) is 30.8 Å². The number of nitrogens with one attached hydrogen (secondary N) is 3. The maximum Gasteiger partial charge on any atom is 0.341 e. The SMILES string of the molecule is CN(C)CCCNC(=O)c1ccc(Nc2ncc3c(n2)N(C2CCCC2)CC(F)(F)C(=O)N3)cc1. The Morgan fingerprint density at radius 2 is 1.94 bits per heavy atom. The second kappa shape index (κ2) is 10.5. The molecule has 0 atom stereocenters. The summed E-state index contributed by atoms with van der Waals surface area (Å²) in [5.41, 5.74) is 1.34. The average molecular weight is 488 g/mol. The van der Waals surface area contributed by atoms with E-state index in [1.54, 1.807) is 24.3 Å². The summed E-state index contributed by atoms with van der Waals surface area (Å²) in [6.07, 6.45) is 5.66. The minimum atomic E-state index is -3.53. The Bertz CT molecular complexity index is 1060. The second-order valence-electron chi connectivity index (χ2n) is 9.27. The van der Waals surface area contributed by atoms with Gasteiger partial charge in [-0.15, -0.1) is 0 Å². The van der Waals surface area contributed by atoms with Crippen LogP contribution >= 0.6 is 0 Å². The molecule has 1 aliphatic carbocycles. The van der Waals surface area contributed by atoms with Gasteiger partial charge in [0.1, 0.15) is 5.69 Å². The topological polar surface area (TPSA) is 102 Å². The summed E-state index contributed by atoms with van der Waals surface area (Å²) < 4.78 is 28.9. The van der Waals surface area contributed by atoms with Gasteiger partial charge in [-0.1, -0.05) is 12.8 Å². The van der Waals surface area contributed by atoms with Gasteiger partial charge in [-0.3, -0.25) is 9.59 Å². The fraction of sp³-hybridized carbons (Fsp3) is 0.500. The van der Waals surface area contributed by atoms with Crippen molar-refractivity contribution in [3.05, 3.63) is 36.0 Å². The molecular weight excluding hydrogens is 456 g/mol. The molecule has 2 heterocycles. The van der Waals surface area contributed by atoms with Crippen molar-refractivity contribution in [2.24, 2.45) is 0 Å². The van der Waals surface area contributed by atoms with Gasteiger partial charge < -0.3 is 25.8 Å². The van der Waals surface area contributed by atoms with Gasteiger partial charge in [-0.25, -0.2) is 4.98 Å². The number of alkyl halides is 2. The lowest BCUT2D eigenvalue weighted by Gasteiger charge is -2.31. The Hall–Kier alpha value is -3.34. The van der Waals surface area contributed by atoms with Crippen LogP contribution in [0.25, 0.3) is 0 Å². The summed E-state index contributed by atoms with van der Waals surface area (Å²) >= 11 is 0. The molecule has 1 aromatic heterocycles. The highest BCUT2D eigenvalue weighted by Gasteiger charge is 2.46. The standard InChI is InChI=1S/C24H31F2N7O2/c1-32(2)13-5-12-27-21(34)16-8-10-17(11-9-16)29-23-28-14-19-20(31-23)33(18-6-3-4-7-18)15-24(25,26)22(35)30-19/h8-11,14,18H,3-7,12-13,15H2,1-2H3,(H,27,34)(H,30,35)(H,28,29,31). The van der Waals surface area contributed by atoms with Gasteiger partial charge in [0.2, 0.25) is 5.95 Å². The molecule has 4 rings (SSSR count). The van der Waals surface area contributed by atoms with Gasteiger partial charge in [-0.05, 0) is 64.2 Å². The first kappa shape index (κ1) is 24.8. The zero-order chi connectivity index (χ0) is 25.0. The number of benzene rings is 1. The van der Waals surface area contributed by atoms with Gasteiger partial charge >= 0.3 is 5.92 Å². The highest BCUT2D eigenvalue weighted by atomic mass is 19.3. The first-order valence-corrected chi connectivity index (χ1v) is 11.9. The lowest BCUT2D eigenvalue weighted by atomic mass is 10.2. The van der Waals surface area contributed by atoms with Crippen LogP contribution < -0.4 is 20.9 Å². The maximum atomic E-state index is 14.5. The zero-order valence-corrected chi connectivity index (χ0v) is 20.0. The minimum Gasteiger partial charge on any atom is -0.352 e. The van der Waals surface area contributed by atoms with Crippen molar-refractivity contribution in [2.45, 2.75) is 44.1 Å². The molecule has 1 saturated carbocycles. The number of aromatic nitrogens is 2. The fourth-order valence-corrected chi connectivity index (χ4v) is 4.37. The number of halogens is 2. The van der Waals surface area contributed by atoms with Gasteiger partial charge in [0, 0.05) is 23.8 Å².